The number of hydrogen-bond donors (Lipinski definition) is 1. The van der Waals surface area contributed by atoms with Crippen molar-refractivity contribution in [3.63, 3.8) is 0 Å². The maximum absolute atomic E-state index is 12.0. The van der Waals surface area contributed by atoms with E-state index in [9.17, 15) is 9.59 Å². The number of ether oxygens (including phenoxy) is 2. The number of aryl methyl sites for hydroxylation is 2. The van der Waals surface area contributed by atoms with Gasteiger partial charge in [0, 0.05) is 12.8 Å². The second kappa shape index (κ2) is 5.76. The maximum Gasteiger partial charge on any atom is 0.305 e. The lowest BCUT2D eigenvalue weighted by atomic mass is 9.90. The summed E-state index contributed by atoms with van der Waals surface area (Å²) in [6.07, 6.45) is 4.39. The molecule has 1 aliphatic heterocycles. The van der Waals surface area contributed by atoms with Crippen molar-refractivity contribution in [3.05, 3.63) is 23.3 Å². The quantitative estimate of drug-likeness (QED) is 0.867. The Hall–Kier alpha value is -2.04. The Morgan fingerprint density at radius 1 is 1.33 bits per heavy atom. The molecule has 3 rings (SSSR count). The standard InChI is InChI=1S/C16H19NO4/c1-20-15(18)7-6-13-16(19)17-12-8-10-4-2-3-5-11(10)9-14(12)21-13/h8-9,13H,2-7H2,1H3,(H,17,19). The van der Waals surface area contributed by atoms with E-state index >= 15 is 0 Å². The van der Waals surface area contributed by atoms with E-state index in [1.165, 1.54) is 31.1 Å². The number of carbonyl (C=O) groups excluding carboxylic acids is 2. The SMILES string of the molecule is COC(=O)CCC1Oc2cc3c(cc2NC1=O)CCCC3. The van der Waals surface area contributed by atoms with Crippen LogP contribution in [0.25, 0.3) is 0 Å². The Labute approximate surface area is 123 Å². The van der Waals surface area contributed by atoms with Crippen LogP contribution in [0, 0.1) is 0 Å². The van der Waals surface area contributed by atoms with Crippen molar-refractivity contribution in [1.82, 2.24) is 0 Å². The Bertz CT molecular complexity index is 582. The third-order valence-corrected chi connectivity index (χ3v) is 4.10. The Morgan fingerprint density at radius 3 is 2.76 bits per heavy atom. The average molecular weight is 289 g/mol. The van der Waals surface area contributed by atoms with Gasteiger partial charge in [-0.1, -0.05) is 0 Å². The highest BCUT2D eigenvalue weighted by Crippen LogP contribution is 2.36. The molecule has 0 spiro atoms. The first-order valence-corrected chi connectivity index (χ1v) is 7.37. The molecule has 0 aromatic heterocycles. The summed E-state index contributed by atoms with van der Waals surface area (Å²) in [5.74, 6) is 0.190. The fourth-order valence-corrected chi connectivity index (χ4v) is 2.92. The zero-order chi connectivity index (χ0) is 14.8. The van der Waals surface area contributed by atoms with Crippen LogP contribution >= 0.6 is 0 Å². The van der Waals surface area contributed by atoms with Gasteiger partial charge in [0.15, 0.2) is 6.10 Å². The normalized spacial score (nSPS) is 19.9. The van der Waals surface area contributed by atoms with Crippen LogP contribution in [0.1, 0.15) is 36.8 Å². The molecule has 21 heavy (non-hydrogen) atoms. The molecule has 1 unspecified atom stereocenters. The van der Waals surface area contributed by atoms with Crippen molar-refractivity contribution in [1.29, 1.82) is 0 Å². The molecule has 1 atom stereocenters. The summed E-state index contributed by atoms with van der Waals surface area (Å²) < 4.78 is 10.4. The number of rotatable bonds is 3. The van der Waals surface area contributed by atoms with E-state index < -0.39 is 6.10 Å². The van der Waals surface area contributed by atoms with Crippen LogP contribution in [0.15, 0.2) is 12.1 Å². The molecule has 0 radical (unpaired) electrons. The first-order chi connectivity index (χ1) is 10.2. The molecule has 5 nitrogen and oxygen atoms in total. The molecule has 1 aromatic carbocycles. The summed E-state index contributed by atoms with van der Waals surface area (Å²) in [7, 11) is 1.34. The lowest BCUT2D eigenvalue weighted by Gasteiger charge is -2.28. The van der Waals surface area contributed by atoms with E-state index in [-0.39, 0.29) is 18.3 Å². The number of anilines is 1. The largest absolute Gasteiger partial charge is 0.478 e. The van der Waals surface area contributed by atoms with Gasteiger partial charge in [-0.2, -0.15) is 0 Å². The van der Waals surface area contributed by atoms with Crippen molar-refractivity contribution < 1.29 is 19.1 Å². The molecule has 1 aliphatic carbocycles. The number of esters is 1. The molecule has 0 saturated carbocycles. The number of methoxy groups -OCH3 is 1. The van der Waals surface area contributed by atoms with Gasteiger partial charge in [0.05, 0.1) is 12.8 Å². The number of amides is 1. The van der Waals surface area contributed by atoms with E-state index in [0.717, 1.165) is 18.5 Å². The zero-order valence-corrected chi connectivity index (χ0v) is 12.1. The third-order valence-electron chi connectivity index (χ3n) is 4.10. The Morgan fingerprint density at radius 2 is 2.05 bits per heavy atom. The summed E-state index contributed by atoms with van der Waals surface area (Å²) >= 11 is 0. The fourth-order valence-electron chi connectivity index (χ4n) is 2.92. The summed E-state index contributed by atoms with van der Waals surface area (Å²) in [5, 5.41) is 2.89. The fraction of sp³-hybridized carbons (Fsp3) is 0.500. The second-order valence-electron chi connectivity index (χ2n) is 5.53. The second-order valence-corrected chi connectivity index (χ2v) is 5.53. The van der Waals surface area contributed by atoms with Crippen LogP contribution < -0.4 is 10.1 Å². The van der Waals surface area contributed by atoms with Gasteiger partial charge in [0.25, 0.3) is 5.91 Å². The van der Waals surface area contributed by atoms with Crippen molar-refractivity contribution >= 4 is 17.6 Å². The van der Waals surface area contributed by atoms with Crippen LogP contribution in [0.3, 0.4) is 0 Å². The molecule has 0 bridgehead atoms. The molecule has 1 heterocycles. The van der Waals surface area contributed by atoms with Crippen LogP contribution in [0.4, 0.5) is 5.69 Å². The highest BCUT2D eigenvalue weighted by atomic mass is 16.5. The smallest absolute Gasteiger partial charge is 0.305 e. The molecule has 112 valence electrons. The molecular weight excluding hydrogens is 270 g/mol. The lowest BCUT2D eigenvalue weighted by Crippen LogP contribution is -2.37. The van der Waals surface area contributed by atoms with Gasteiger partial charge in [-0.3, -0.25) is 9.59 Å². The van der Waals surface area contributed by atoms with Gasteiger partial charge >= 0.3 is 5.97 Å². The molecule has 0 saturated heterocycles. The lowest BCUT2D eigenvalue weighted by molar-refractivity contribution is -0.141. The van der Waals surface area contributed by atoms with Gasteiger partial charge in [-0.25, -0.2) is 0 Å². The molecule has 1 N–H and O–H groups in total. The molecule has 5 heteroatoms. The topological polar surface area (TPSA) is 64.6 Å². The summed E-state index contributed by atoms with van der Waals surface area (Å²) in [6, 6.07) is 4.06. The van der Waals surface area contributed by atoms with Crippen LogP contribution in [-0.2, 0) is 27.2 Å². The van der Waals surface area contributed by atoms with Crippen molar-refractivity contribution in [3.8, 4) is 5.75 Å². The van der Waals surface area contributed by atoms with E-state index in [4.69, 9.17) is 4.74 Å². The molecule has 0 fully saturated rings. The first-order valence-electron chi connectivity index (χ1n) is 7.37. The minimum Gasteiger partial charge on any atom is -0.478 e. The first kappa shape index (κ1) is 13.9. The molecule has 1 amide bonds. The summed E-state index contributed by atoms with van der Waals surface area (Å²) in [5.41, 5.74) is 3.36. The van der Waals surface area contributed by atoms with Crippen molar-refractivity contribution in [2.45, 2.75) is 44.6 Å². The predicted octanol–water partition coefficient (Wildman–Crippen LogP) is 2.22. The van der Waals surface area contributed by atoms with E-state index in [0.29, 0.717) is 12.2 Å². The Kier molecular flexibility index (Phi) is 3.82. The number of benzene rings is 1. The number of fused-ring (bicyclic) bond motifs is 2. The predicted molar refractivity (Wildman–Crippen MR) is 77.4 cm³/mol. The molecule has 1 aromatic rings. The van der Waals surface area contributed by atoms with Crippen LogP contribution in [0.2, 0.25) is 0 Å². The average Bonchev–Trinajstić information content (AvgIpc) is 2.50. The van der Waals surface area contributed by atoms with Crippen molar-refractivity contribution in [2.24, 2.45) is 0 Å². The summed E-state index contributed by atoms with van der Waals surface area (Å²) in [4.78, 5) is 23.2. The van der Waals surface area contributed by atoms with Crippen molar-refractivity contribution in [2.75, 3.05) is 12.4 Å². The highest BCUT2D eigenvalue weighted by molar-refractivity contribution is 5.98. The van der Waals surface area contributed by atoms with Gasteiger partial charge in [0.1, 0.15) is 5.75 Å². The highest BCUT2D eigenvalue weighted by Gasteiger charge is 2.29. The van der Waals surface area contributed by atoms with Gasteiger partial charge in [-0.15, -0.1) is 0 Å². The zero-order valence-electron chi connectivity index (χ0n) is 12.1. The van der Waals surface area contributed by atoms with E-state index in [2.05, 4.69) is 10.1 Å². The van der Waals surface area contributed by atoms with Gasteiger partial charge in [0.2, 0.25) is 0 Å². The molecule has 2 aliphatic rings. The monoisotopic (exact) mass is 289 g/mol. The molecular formula is C16H19NO4. The minimum atomic E-state index is -0.627. The number of hydrogen-bond acceptors (Lipinski definition) is 4. The van der Waals surface area contributed by atoms with Crippen LogP contribution in [0.5, 0.6) is 5.75 Å². The van der Waals surface area contributed by atoms with E-state index in [1.54, 1.807) is 0 Å². The van der Waals surface area contributed by atoms with Crippen LogP contribution in [-0.4, -0.2) is 25.1 Å². The van der Waals surface area contributed by atoms with E-state index in [1.807, 2.05) is 12.1 Å². The Balaban J connectivity index is 1.77. The number of carbonyl (C=O) groups is 2. The third kappa shape index (κ3) is 2.86. The summed E-state index contributed by atoms with van der Waals surface area (Å²) in [6.45, 7) is 0. The number of nitrogens with one attached hydrogen (secondary N) is 1. The van der Waals surface area contributed by atoms with Gasteiger partial charge in [-0.05, 0) is 48.9 Å². The minimum absolute atomic E-state index is 0.175. The maximum atomic E-state index is 12.0. The van der Waals surface area contributed by atoms with Gasteiger partial charge < -0.3 is 14.8 Å².